The Bertz CT molecular complexity index is 219. The van der Waals surface area contributed by atoms with Gasteiger partial charge < -0.3 is 9.47 Å². The summed E-state index contributed by atoms with van der Waals surface area (Å²) in [5, 5.41) is 6.96. The molecule has 5 heteroatoms. The van der Waals surface area contributed by atoms with Crippen molar-refractivity contribution in [2.45, 2.75) is 38.4 Å². The number of rotatable bonds is 3. The van der Waals surface area contributed by atoms with Gasteiger partial charge in [0.1, 0.15) is 18.0 Å². The third kappa shape index (κ3) is 2.75. The van der Waals surface area contributed by atoms with Crippen molar-refractivity contribution in [2.24, 2.45) is 0 Å². The Morgan fingerprint density at radius 3 is 3.00 bits per heavy atom. The van der Waals surface area contributed by atoms with E-state index in [0.717, 1.165) is 0 Å². The first-order valence-corrected chi connectivity index (χ1v) is 4.33. The van der Waals surface area contributed by atoms with E-state index in [1.54, 1.807) is 0 Å². The van der Waals surface area contributed by atoms with E-state index in [9.17, 15) is 4.79 Å². The SMILES string of the molecule is [B]C(=N)OC(CC)[C@@H]1CCC(=O)O1. The van der Waals surface area contributed by atoms with Crippen molar-refractivity contribution in [3.8, 4) is 0 Å². The Kier molecular flexibility index (Phi) is 3.34. The minimum atomic E-state index is -0.324. The summed E-state index contributed by atoms with van der Waals surface area (Å²) in [7, 11) is 5.09. The zero-order valence-corrected chi connectivity index (χ0v) is 7.58. The Balaban J connectivity index is 2.46. The molecule has 1 aliphatic heterocycles. The summed E-state index contributed by atoms with van der Waals surface area (Å²) in [4.78, 5) is 10.8. The molecule has 1 heterocycles. The van der Waals surface area contributed by atoms with Crippen LogP contribution in [0.15, 0.2) is 0 Å². The smallest absolute Gasteiger partial charge is 0.306 e. The van der Waals surface area contributed by atoms with Crippen LogP contribution in [0.4, 0.5) is 0 Å². The Hall–Kier alpha value is -0.995. The molecule has 1 rings (SSSR count). The highest BCUT2D eigenvalue weighted by Gasteiger charge is 2.31. The number of carbonyl (C=O) groups excluding carboxylic acids is 1. The van der Waals surface area contributed by atoms with Crippen LogP contribution in [0.3, 0.4) is 0 Å². The second kappa shape index (κ2) is 4.30. The van der Waals surface area contributed by atoms with E-state index in [1.165, 1.54) is 0 Å². The first kappa shape index (κ1) is 10.1. The molecular formula is C8H12BNO3. The fourth-order valence-corrected chi connectivity index (χ4v) is 1.39. The predicted octanol–water partition coefficient (Wildman–Crippen LogP) is 0.590. The molecule has 0 amide bonds. The van der Waals surface area contributed by atoms with E-state index < -0.39 is 0 Å². The van der Waals surface area contributed by atoms with E-state index >= 15 is 0 Å². The van der Waals surface area contributed by atoms with Gasteiger partial charge in [0, 0.05) is 6.42 Å². The number of esters is 1. The molecule has 1 aliphatic rings. The summed E-state index contributed by atoms with van der Waals surface area (Å²) in [6, 6.07) is 0. The first-order chi connectivity index (χ1) is 6.13. The van der Waals surface area contributed by atoms with E-state index in [1.807, 2.05) is 6.92 Å². The zero-order chi connectivity index (χ0) is 9.84. The van der Waals surface area contributed by atoms with Gasteiger partial charge in [-0.25, -0.2) is 0 Å². The Labute approximate surface area is 78.5 Å². The van der Waals surface area contributed by atoms with Gasteiger partial charge in [-0.1, -0.05) is 6.92 Å². The molecule has 1 N–H and O–H groups in total. The van der Waals surface area contributed by atoms with E-state index in [4.69, 9.17) is 22.7 Å². The number of hydrogen-bond acceptors (Lipinski definition) is 4. The lowest BCUT2D eigenvalue weighted by molar-refractivity contribution is -0.144. The van der Waals surface area contributed by atoms with Crippen LogP contribution in [0.2, 0.25) is 0 Å². The normalized spacial score (nSPS) is 23.8. The summed E-state index contributed by atoms with van der Waals surface area (Å²) in [5.74, 6) is -0.523. The van der Waals surface area contributed by atoms with E-state index in [-0.39, 0.29) is 24.0 Å². The van der Waals surface area contributed by atoms with Crippen LogP contribution >= 0.6 is 0 Å². The quantitative estimate of drug-likeness (QED) is 0.300. The minimum Gasteiger partial charge on any atom is -0.485 e. The van der Waals surface area contributed by atoms with Crippen molar-refractivity contribution in [2.75, 3.05) is 0 Å². The molecule has 4 nitrogen and oxygen atoms in total. The number of nitrogens with one attached hydrogen (secondary N) is 1. The molecule has 0 spiro atoms. The van der Waals surface area contributed by atoms with Crippen LogP contribution in [-0.4, -0.2) is 31.8 Å². The van der Waals surface area contributed by atoms with Gasteiger partial charge >= 0.3 is 5.97 Å². The topological polar surface area (TPSA) is 59.4 Å². The number of hydrogen-bond donors (Lipinski definition) is 1. The molecular weight excluding hydrogens is 169 g/mol. The van der Waals surface area contributed by atoms with Crippen LogP contribution in [0, 0.1) is 5.41 Å². The zero-order valence-electron chi connectivity index (χ0n) is 7.58. The molecule has 2 radical (unpaired) electrons. The largest absolute Gasteiger partial charge is 0.485 e. The second-order valence-corrected chi connectivity index (χ2v) is 3.00. The van der Waals surface area contributed by atoms with Crippen molar-refractivity contribution < 1.29 is 14.3 Å². The van der Waals surface area contributed by atoms with E-state index in [2.05, 4.69) is 0 Å². The van der Waals surface area contributed by atoms with Crippen LogP contribution in [-0.2, 0) is 14.3 Å². The fraction of sp³-hybridized carbons (Fsp3) is 0.750. The van der Waals surface area contributed by atoms with Crippen molar-refractivity contribution in [1.82, 2.24) is 0 Å². The molecule has 0 aliphatic carbocycles. The molecule has 1 unspecified atom stereocenters. The average Bonchev–Trinajstić information content (AvgIpc) is 2.47. The van der Waals surface area contributed by atoms with Gasteiger partial charge in [0.2, 0.25) is 0 Å². The lowest BCUT2D eigenvalue weighted by atomic mass is 10.1. The molecule has 0 aromatic rings. The molecule has 0 bridgehead atoms. The van der Waals surface area contributed by atoms with Gasteiger partial charge in [0.05, 0.1) is 0 Å². The van der Waals surface area contributed by atoms with Gasteiger partial charge in [0.15, 0.2) is 7.85 Å². The summed E-state index contributed by atoms with van der Waals surface area (Å²) in [6.07, 6.45) is 1.26. The molecule has 2 atom stereocenters. The van der Waals surface area contributed by atoms with Crippen LogP contribution in [0.25, 0.3) is 0 Å². The summed E-state index contributed by atoms with van der Waals surface area (Å²) < 4.78 is 10.0. The maximum absolute atomic E-state index is 10.8. The average molecular weight is 181 g/mol. The second-order valence-electron chi connectivity index (χ2n) is 3.00. The molecule has 0 saturated carbocycles. The third-order valence-corrected chi connectivity index (χ3v) is 2.01. The highest BCUT2D eigenvalue weighted by atomic mass is 16.6. The number of ether oxygens (including phenoxy) is 2. The van der Waals surface area contributed by atoms with Crippen LogP contribution < -0.4 is 0 Å². The highest BCUT2D eigenvalue weighted by Crippen LogP contribution is 2.20. The van der Waals surface area contributed by atoms with Crippen LogP contribution in [0.1, 0.15) is 26.2 Å². The maximum Gasteiger partial charge on any atom is 0.306 e. The molecule has 70 valence electrons. The molecule has 0 aromatic carbocycles. The predicted molar refractivity (Wildman–Crippen MR) is 47.8 cm³/mol. The minimum absolute atomic E-state index is 0.199. The first-order valence-electron chi connectivity index (χ1n) is 4.33. The number of cyclic esters (lactones) is 1. The Morgan fingerprint density at radius 2 is 2.62 bits per heavy atom. The lowest BCUT2D eigenvalue weighted by Gasteiger charge is -2.21. The van der Waals surface area contributed by atoms with Gasteiger partial charge in [-0.05, 0) is 12.8 Å². The maximum atomic E-state index is 10.8. The highest BCUT2D eigenvalue weighted by molar-refractivity contribution is 6.55. The van der Waals surface area contributed by atoms with Crippen LogP contribution in [0.5, 0.6) is 0 Å². The summed E-state index contributed by atoms with van der Waals surface area (Å²) in [6.45, 7) is 1.90. The van der Waals surface area contributed by atoms with Gasteiger partial charge in [0.25, 0.3) is 0 Å². The molecule has 1 fully saturated rings. The van der Waals surface area contributed by atoms with Crippen molar-refractivity contribution in [1.29, 1.82) is 5.41 Å². The Morgan fingerprint density at radius 1 is 1.92 bits per heavy atom. The van der Waals surface area contributed by atoms with Gasteiger partial charge in [-0.2, -0.15) is 0 Å². The van der Waals surface area contributed by atoms with Gasteiger partial charge in [-0.15, -0.1) is 0 Å². The van der Waals surface area contributed by atoms with E-state index in [0.29, 0.717) is 19.3 Å². The van der Waals surface area contributed by atoms with Crippen molar-refractivity contribution in [3.63, 3.8) is 0 Å². The monoisotopic (exact) mass is 181 g/mol. The standard InChI is InChI=1S/C8H12BNO3/c1-2-5(13-8(9)10)6-3-4-7(11)12-6/h5-6,10H,2-4H2,1H3/t5?,6-/m0/s1. The van der Waals surface area contributed by atoms with Crippen molar-refractivity contribution in [3.05, 3.63) is 0 Å². The summed E-state index contributed by atoms with van der Waals surface area (Å²) in [5.41, 5.74) is 0. The van der Waals surface area contributed by atoms with Crippen molar-refractivity contribution >= 4 is 19.6 Å². The lowest BCUT2D eigenvalue weighted by Crippen LogP contribution is -2.30. The molecule has 0 aromatic heterocycles. The van der Waals surface area contributed by atoms with Gasteiger partial charge in [-0.3, -0.25) is 10.2 Å². The number of carbonyl (C=O) groups is 1. The third-order valence-electron chi connectivity index (χ3n) is 2.01. The molecule has 1 saturated heterocycles. The summed E-state index contributed by atoms with van der Waals surface area (Å²) >= 11 is 0. The molecule has 13 heavy (non-hydrogen) atoms. The fourth-order valence-electron chi connectivity index (χ4n) is 1.39.